The smallest absolute Gasteiger partial charge is 0.219 e. The van der Waals surface area contributed by atoms with Gasteiger partial charge in [0.05, 0.1) is 37.8 Å². The number of ether oxygens (including phenoxy) is 4. The van der Waals surface area contributed by atoms with E-state index < -0.39 is 24.4 Å². The Bertz CT molecular complexity index is 3170. The maximum atomic E-state index is 12.8. The molecule has 0 saturated carbocycles. The maximum Gasteiger partial charge on any atom is 0.219 e. The lowest BCUT2D eigenvalue weighted by Gasteiger charge is -2.30. The molecule has 7 nitrogen and oxygen atoms in total. The standard InChI is InChI=1S/C66H54N2O5/c69-62-55-39-59(68-60(48-25-10-2-11-26-48)41-54(47-23-8-1-9-24-47)42-61(68)49-27-12-3-13-28-49)40-56(62)44-71-64(51-31-16-5-17-32-51)66(53-35-20-7-21-36-53)73-46-58-38-22-37-57(67-58)45-72-65(52-33-18-6-19-34-52)63(70-43-55)50-29-14-4-15-30-50/h1-42,63-66H,43-46H2/p+1/t63-,64-,65-,66-/m0/s1. The first-order valence-electron chi connectivity index (χ1n) is 24.9. The average Bonchev–Trinajstić information content (AvgIpc) is 3.46. The summed E-state index contributed by atoms with van der Waals surface area (Å²) < 4.78 is 30.7. The molecule has 0 aliphatic carbocycles. The zero-order chi connectivity index (χ0) is 49.2. The van der Waals surface area contributed by atoms with Crippen LogP contribution in [0.5, 0.6) is 5.75 Å². The summed E-state index contributed by atoms with van der Waals surface area (Å²) in [6.07, 6.45) is -2.30. The third kappa shape index (κ3) is 10.8. The molecule has 2 aromatic heterocycles. The Kier molecular flexibility index (Phi) is 14.4. The van der Waals surface area contributed by atoms with Crippen LogP contribution in [0.25, 0.3) is 39.3 Å². The SMILES string of the molecule is Oc1c2cc(-[n+]3c(-c4ccccc4)cc(-c4ccccc4)cc3-c3ccccc3)cc1CO[C@@H](c1ccccc1)[C@H](c1ccccc1)OCc1cccc(n1)CO[C@@H](c1ccccc1)[C@H](c1ccccc1)OC2. The second kappa shape index (κ2) is 22.4. The van der Waals surface area contributed by atoms with Crippen LogP contribution in [0, 0.1) is 0 Å². The van der Waals surface area contributed by atoms with Gasteiger partial charge >= 0.3 is 0 Å². The quantitative estimate of drug-likeness (QED) is 0.153. The molecule has 0 fully saturated rings. The second-order valence-corrected chi connectivity index (χ2v) is 18.3. The summed E-state index contributed by atoms with van der Waals surface area (Å²) in [5.41, 5.74) is 13.4. The Morgan fingerprint density at radius 3 is 1.00 bits per heavy atom. The van der Waals surface area contributed by atoms with Gasteiger partial charge < -0.3 is 24.1 Å². The minimum Gasteiger partial charge on any atom is -0.507 e. The summed E-state index contributed by atoms with van der Waals surface area (Å²) >= 11 is 0. The molecule has 358 valence electrons. The van der Waals surface area contributed by atoms with Gasteiger partial charge in [0.15, 0.2) is 0 Å². The van der Waals surface area contributed by atoms with E-state index in [1.807, 2.05) is 109 Å². The Balaban J connectivity index is 1.13. The number of phenols is 1. The average molecular weight is 956 g/mol. The van der Waals surface area contributed by atoms with Gasteiger partial charge in [-0.1, -0.05) is 194 Å². The van der Waals surface area contributed by atoms with E-state index in [4.69, 9.17) is 23.9 Å². The van der Waals surface area contributed by atoms with Gasteiger partial charge in [-0.2, -0.15) is 4.57 Å². The van der Waals surface area contributed by atoms with Crippen LogP contribution in [0.15, 0.2) is 255 Å². The van der Waals surface area contributed by atoms with Crippen LogP contribution < -0.4 is 4.57 Å². The Morgan fingerprint density at radius 1 is 0.329 bits per heavy atom. The van der Waals surface area contributed by atoms with Crippen LogP contribution >= 0.6 is 0 Å². The largest absolute Gasteiger partial charge is 0.507 e. The molecular weight excluding hydrogens is 901 g/mol. The van der Waals surface area contributed by atoms with Crippen molar-refractivity contribution in [3.63, 3.8) is 0 Å². The molecule has 10 aromatic rings. The van der Waals surface area contributed by atoms with Crippen LogP contribution in [0.3, 0.4) is 0 Å². The number of pyridine rings is 2. The van der Waals surface area contributed by atoms with E-state index in [0.717, 1.165) is 73.0 Å². The molecule has 7 heteroatoms. The minimum atomic E-state index is -0.594. The lowest BCUT2D eigenvalue weighted by molar-refractivity contribution is -0.572. The number of hydrogen-bond donors (Lipinski definition) is 1. The van der Waals surface area contributed by atoms with E-state index in [9.17, 15) is 5.11 Å². The van der Waals surface area contributed by atoms with Gasteiger partial charge in [-0.25, -0.2) is 0 Å². The molecule has 4 bridgehead atoms. The van der Waals surface area contributed by atoms with E-state index in [-0.39, 0.29) is 32.2 Å². The molecule has 11 rings (SSSR count). The molecule has 8 aromatic carbocycles. The van der Waals surface area contributed by atoms with Crippen molar-refractivity contribution in [3.05, 3.63) is 300 Å². The van der Waals surface area contributed by atoms with E-state index in [1.165, 1.54) is 0 Å². The summed E-state index contributed by atoms with van der Waals surface area (Å²) in [5, 5.41) is 12.8. The van der Waals surface area contributed by atoms with Crippen LogP contribution in [-0.2, 0) is 45.4 Å². The lowest BCUT2D eigenvalue weighted by Crippen LogP contribution is -2.37. The van der Waals surface area contributed by atoms with Crippen LogP contribution in [0.1, 0.15) is 69.2 Å². The Morgan fingerprint density at radius 2 is 0.644 bits per heavy atom. The van der Waals surface area contributed by atoms with Crippen molar-refractivity contribution in [2.75, 3.05) is 0 Å². The fraction of sp³-hybridized carbons (Fsp3) is 0.121. The minimum absolute atomic E-state index is 0.0362. The third-order valence-corrected chi connectivity index (χ3v) is 13.4. The number of nitrogens with zero attached hydrogens (tertiary/aromatic N) is 2. The van der Waals surface area contributed by atoms with Crippen molar-refractivity contribution in [1.29, 1.82) is 0 Å². The van der Waals surface area contributed by atoms with E-state index in [2.05, 4.69) is 150 Å². The Labute approximate surface area is 427 Å². The highest BCUT2D eigenvalue weighted by Gasteiger charge is 2.32. The molecule has 0 spiro atoms. The zero-order valence-electron chi connectivity index (χ0n) is 40.4. The zero-order valence-corrected chi connectivity index (χ0v) is 40.4. The van der Waals surface area contributed by atoms with Crippen molar-refractivity contribution >= 4 is 0 Å². The molecule has 73 heavy (non-hydrogen) atoms. The predicted octanol–water partition coefficient (Wildman–Crippen LogP) is 14.8. The summed E-state index contributed by atoms with van der Waals surface area (Å²) in [6, 6.07) is 86.7. The normalized spacial score (nSPS) is 17.5. The van der Waals surface area contributed by atoms with Gasteiger partial charge in [-0.05, 0) is 69.8 Å². The maximum absolute atomic E-state index is 12.8. The number of rotatable bonds is 8. The summed E-state index contributed by atoms with van der Waals surface area (Å²) in [5.74, 6) is 0.0843. The van der Waals surface area contributed by atoms with Crippen molar-refractivity contribution in [2.45, 2.75) is 50.8 Å². The van der Waals surface area contributed by atoms with Crippen molar-refractivity contribution < 1.29 is 28.6 Å². The predicted molar refractivity (Wildman–Crippen MR) is 286 cm³/mol. The number of hydrogen-bond acceptors (Lipinski definition) is 6. The van der Waals surface area contributed by atoms with Gasteiger partial charge in [-0.3, -0.25) is 4.98 Å². The summed E-state index contributed by atoms with van der Waals surface area (Å²) in [7, 11) is 0. The number of aromatic nitrogens is 2. The van der Waals surface area contributed by atoms with E-state index in [1.54, 1.807) is 0 Å². The number of fused-ring (bicyclic) bond motifs is 4. The van der Waals surface area contributed by atoms with Gasteiger partial charge in [0.25, 0.3) is 0 Å². The van der Waals surface area contributed by atoms with Crippen molar-refractivity contribution in [3.8, 4) is 45.1 Å². The van der Waals surface area contributed by atoms with Gasteiger partial charge in [-0.15, -0.1) is 0 Å². The number of aromatic hydroxyl groups is 1. The highest BCUT2D eigenvalue weighted by molar-refractivity contribution is 5.74. The monoisotopic (exact) mass is 955 g/mol. The molecule has 3 heterocycles. The molecule has 4 atom stereocenters. The van der Waals surface area contributed by atoms with Gasteiger partial charge in [0.2, 0.25) is 17.1 Å². The summed E-state index contributed by atoms with van der Waals surface area (Å²) in [4.78, 5) is 5.07. The third-order valence-electron chi connectivity index (χ3n) is 13.4. The molecule has 0 saturated heterocycles. The molecule has 1 aliphatic rings. The molecule has 1 aliphatic heterocycles. The van der Waals surface area contributed by atoms with Crippen molar-refractivity contribution in [2.24, 2.45) is 0 Å². The molecule has 0 unspecified atom stereocenters. The molecule has 1 N–H and O–H groups in total. The highest BCUT2D eigenvalue weighted by atomic mass is 16.5. The number of benzene rings is 8. The Hall–Kier alpha value is -8.30. The van der Waals surface area contributed by atoms with Crippen LogP contribution in [-0.4, -0.2) is 10.1 Å². The van der Waals surface area contributed by atoms with E-state index in [0.29, 0.717) is 11.1 Å². The number of phenolic OH excluding ortho intramolecular Hbond substituents is 1. The van der Waals surface area contributed by atoms with Crippen molar-refractivity contribution in [1.82, 2.24) is 4.98 Å². The van der Waals surface area contributed by atoms with Crippen LogP contribution in [0.4, 0.5) is 0 Å². The first-order chi connectivity index (χ1) is 36.1. The van der Waals surface area contributed by atoms with Gasteiger partial charge in [0, 0.05) is 46.5 Å². The van der Waals surface area contributed by atoms with Gasteiger partial charge in [0.1, 0.15) is 30.2 Å². The highest BCUT2D eigenvalue weighted by Crippen LogP contribution is 2.41. The van der Waals surface area contributed by atoms with E-state index >= 15 is 0 Å². The molecular formula is C66H55N2O5+. The topological polar surface area (TPSA) is 73.9 Å². The molecule has 0 radical (unpaired) electrons. The first kappa shape index (κ1) is 47.0. The first-order valence-corrected chi connectivity index (χ1v) is 24.9. The molecule has 0 amide bonds. The fourth-order valence-corrected chi connectivity index (χ4v) is 9.81. The lowest BCUT2D eigenvalue weighted by atomic mass is 9.97. The van der Waals surface area contributed by atoms with Crippen LogP contribution in [0.2, 0.25) is 0 Å². The summed E-state index contributed by atoms with van der Waals surface area (Å²) in [6.45, 7) is 0.495. The second-order valence-electron chi connectivity index (χ2n) is 18.3. The fourth-order valence-electron chi connectivity index (χ4n) is 9.81.